The second-order valence-corrected chi connectivity index (χ2v) is 6.45. The molecular formula is C21H28O2. The first-order chi connectivity index (χ1) is 11.0. The van der Waals surface area contributed by atoms with Crippen molar-refractivity contribution in [2.45, 2.75) is 46.1 Å². The molecule has 1 aromatic rings. The van der Waals surface area contributed by atoms with Crippen molar-refractivity contribution in [3.05, 3.63) is 59.2 Å². The van der Waals surface area contributed by atoms with Crippen molar-refractivity contribution in [3.8, 4) is 5.75 Å². The maximum atomic E-state index is 9.58. The predicted molar refractivity (Wildman–Crippen MR) is 97.4 cm³/mol. The van der Waals surface area contributed by atoms with Crippen LogP contribution >= 0.6 is 0 Å². The monoisotopic (exact) mass is 312 g/mol. The number of aromatic hydroxyl groups is 1. The molecule has 1 aliphatic rings. The number of hydrogen-bond acceptors (Lipinski definition) is 2. The molecular weight excluding hydrogens is 284 g/mol. The maximum absolute atomic E-state index is 9.58. The van der Waals surface area contributed by atoms with Crippen molar-refractivity contribution in [2.75, 3.05) is 6.61 Å². The molecule has 2 heteroatoms. The summed E-state index contributed by atoms with van der Waals surface area (Å²) in [5.41, 5.74) is 4.91. The summed E-state index contributed by atoms with van der Waals surface area (Å²) in [4.78, 5) is 0. The van der Waals surface area contributed by atoms with Gasteiger partial charge < -0.3 is 9.84 Å². The molecule has 0 amide bonds. The number of ether oxygens (including phenoxy) is 1. The molecule has 0 saturated heterocycles. The predicted octanol–water partition coefficient (Wildman–Crippen LogP) is 5.50. The number of allylic oxidation sites excluding steroid dienone is 1. The van der Waals surface area contributed by atoms with E-state index >= 15 is 0 Å². The van der Waals surface area contributed by atoms with E-state index in [2.05, 4.69) is 39.5 Å². The maximum Gasteiger partial charge on any atom is 0.116 e. The Kier molecular flexibility index (Phi) is 6.23. The zero-order chi connectivity index (χ0) is 16.8. The average Bonchev–Trinajstić information content (AvgIpc) is 2.98. The molecule has 1 atom stereocenters. The van der Waals surface area contributed by atoms with Crippen LogP contribution in [0.25, 0.3) is 6.08 Å². The van der Waals surface area contributed by atoms with Crippen molar-refractivity contribution in [1.29, 1.82) is 0 Å². The third-order valence-electron chi connectivity index (χ3n) is 4.44. The smallest absolute Gasteiger partial charge is 0.116 e. The van der Waals surface area contributed by atoms with Crippen LogP contribution in [0, 0.1) is 5.92 Å². The first-order valence-electron chi connectivity index (χ1n) is 8.50. The lowest BCUT2D eigenvalue weighted by atomic mass is 9.90. The molecule has 1 unspecified atom stereocenters. The van der Waals surface area contributed by atoms with E-state index in [4.69, 9.17) is 4.74 Å². The van der Waals surface area contributed by atoms with Gasteiger partial charge in [-0.1, -0.05) is 57.2 Å². The molecule has 2 rings (SSSR count). The standard InChI is InChI=1S/C21H28O2/c1-5-17(13-18-7-6-8-19(22)14-18)9-10-21-20(11-12-23-21)16(4)15(2)3/h6-8,11,13-15,21-22H,4-5,9-10,12H2,1-3H3/b17-13+. The molecule has 0 bridgehead atoms. The van der Waals surface area contributed by atoms with Crippen LogP contribution in [0.4, 0.5) is 0 Å². The van der Waals surface area contributed by atoms with E-state index in [-0.39, 0.29) is 6.10 Å². The van der Waals surface area contributed by atoms with Gasteiger partial charge in [0, 0.05) is 0 Å². The Balaban J connectivity index is 2.01. The summed E-state index contributed by atoms with van der Waals surface area (Å²) in [6.45, 7) is 11.4. The van der Waals surface area contributed by atoms with Crippen LogP contribution in [-0.4, -0.2) is 17.8 Å². The summed E-state index contributed by atoms with van der Waals surface area (Å²) in [5, 5.41) is 9.58. The highest BCUT2D eigenvalue weighted by molar-refractivity contribution is 5.54. The molecule has 1 heterocycles. The lowest BCUT2D eigenvalue weighted by Gasteiger charge is -2.19. The number of benzene rings is 1. The van der Waals surface area contributed by atoms with Crippen molar-refractivity contribution in [3.63, 3.8) is 0 Å². The summed E-state index contributed by atoms with van der Waals surface area (Å²) in [7, 11) is 0. The molecule has 124 valence electrons. The SMILES string of the molecule is C=C(C1=CCOC1CC/C(=C/c1cccc(O)c1)CC)C(C)C. The zero-order valence-corrected chi connectivity index (χ0v) is 14.5. The topological polar surface area (TPSA) is 29.5 Å². The average molecular weight is 312 g/mol. The lowest BCUT2D eigenvalue weighted by molar-refractivity contribution is 0.116. The minimum Gasteiger partial charge on any atom is -0.508 e. The largest absolute Gasteiger partial charge is 0.508 e. The molecule has 1 aliphatic heterocycles. The fraction of sp³-hybridized carbons (Fsp3) is 0.429. The van der Waals surface area contributed by atoms with Crippen LogP contribution in [0.15, 0.2) is 53.6 Å². The van der Waals surface area contributed by atoms with Crippen molar-refractivity contribution in [2.24, 2.45) is 5.92 Å². The van der Waals surface area contributed by atoms with E-state index in [9.17, 15) is 5.11 Å². The van der Waals surface area contributed by atoms with Gasteiger partial charge in [0.2, 0.25) is 0 Å². The Morgan fingerprint density at radius 2 is 2.22 bits per heavy atom. The lowest BCUT2D eigenvalue weighted by Crippen LogP contribution is -2.13. The molecule has 1 aromatic carbocycles. The highest BCUT2D eigenvalue weighted by Crippen LogP contribution is 2.30. The second-order valence-electron chi connectivity index (χ2n) is 6.45. The van der Waals surface area contributed by atoms with Crippen molar-refractivity contribution < 1.29 is 9.84 Å². The number of phenols is 1. The second kappa shape index (κ2) is 8.16. The van der Waals surface area contributed by atoms with Gasteiger partial charge in [0.05, 0.1) is 12.7 Å². The van der Waals surface area contributed by atoms with Crippen LogP contribution in [0.3, 0.4) is 0 Å². The number of hydrogen-bond donors (Lipinski definition) is 1. The normalized spacial score (nSPS) is 18.3. The van der Waals surface area contributed by atoms with E-state index in [1.165, 1.54) is 16.7 Å². The molecule has 0 radical (unpaired) electrons. The minimum absolute atomic E-state index is 0.170. The van der Waals surface area contributed by atoms with E-state index < -0.39 is 0 Å². The zero-order valence-electron chi connectivity index (χ0n) is 14.5. The van der Waals surface area contributed by atoms with Crippen LogP contribution in [0.2, 0.25) is 0 Å². The minimum atomic E-state index is 0.170. The van der Waals surface area contributed by atoms with Gasteiger partial charge >= 0.3 is 0 Å². The number of rotatable bonds is 7. The Hall–Kier alpha value is -1.80. The summed E-state index contributed by atoms with van der Waals surface area (Å²) in [6, 6.07) is 7.40. The summed E-state index contributed by atoms with van der Waals surface area (Å²) >= 11 is 0. The van der Waals surface area contributed by atoms with E-state index in [0.717, 1.165) is 24.8 Å². The Bertz CT molecular complexity index is 608. The van der Waals surface area contributed by atoms with E-state index in [0.29, 0.717) is 18.3 Å². The summed E-state index contributed by atoms with van der Waals surface area (Å²) in [6.07, 6.45) is 7.51. The van der Waals surface area contributed by atoms with Gasteiger partial charge in [0.15, 0.2) is 0 Å². The molecule has 1 N–H and O–H groups in total. The molecule has 2 nitrogen and oxygen atoms in total. The molecule has 0 aliphatic carbocycles. The first-order valence-corrected chi connectivity index (χ1v) is 8.50. The van der Waals surface area contributed by atoms with Gasteiger partial charge in [-0.3, -0.25) is 0 Å². The van der Waals surface area contributed by atoms with Crippen LogP contribution in [0.1, 0.15) is 45.6 Å². The Labute approximate surface area is 140 Å². The first kappa shape index (κ1) is 17.6. The third kappa shape index (κ3) is 4.84. The van der Waals surface area contributed by atoms with Crippen molar-refractivity contribution >= 4 is 6.08 Å². The van der Waals surface area contributed by atoms with Gasteiger partial charge in [0.1, 0.15) is 5.75 Å². The quantitative estimate of drug-likeness (QED) is 0.720. The molecule has 0 aromatic heterocycles. The Morgan fingerprint density at radius 1 is 1.43 bits per heavy atom. The third-order valence-corrected chi connectivity index (χ3v) is 4.44. The molecule has 23 heavy (non-hydrogen) atoms. The van der Waals surface area contributed by atoms with Gasteiger partial charge in [-0.25, -0.2) is 0 Å². The van der Waals surface area contributed by atoms with Crippen LogP contribution in [0.5, 0.6) is 5.75 Å². The fourth-order valence-corrected chi connectivity index (χ4v) is 2.90. The van der Waals surface area contributed by atoms with Gasteiger partial charge in [-0.15, -0.1) is 0 Å². The van der Waals surface area contributed by atoms with Gasteiger partial charge in [-0.05, 0) is 54.0 Å². The van der Waals surface area contributed by atoms with Crippen LogP contribution in [-0.2, 0) is 4.74 Å². The van der Waals surface area contributed by atoms with Gasteiger partial charge in [-0.2, -0.15) is 0 Å². The fourth-order valence-electron chi connectivity index (χ4n) is 2.90. The summed E-state index contributed by atoms with van der Waals surface area (Å²) < 4.78 is 5.88. The highest BCUT2D eigenvalue weighted by Gasteiger charge is 2.23. The number of phenolic OH excluding ortho intramolecular Hbond substituents is 1. The van der Waals surface area contributed by atoms with E-state index in [1.807, 2.05) is 12.1 Å². The van der Waals surface area contributed by atoms with Crippen LogP contribution < -0.4 is 0 Å². The molecule has 0 fully saturated rings. The van der Waals surface area contributed by atoms with Gasteiger partial charge in [0.25, 0.3) is 0 Å². The highest BCUT2D eigenvalue weighted by atomic mass is 16.5. The Morgan fingerprint density at radius 3 is 2.87 bits per heavy atom. The summed E-state index contributed by atoms with van der Waals surface area (Å²) in [5.74, 6) is 0.769. The van der Waals surface area contributed by atoms with Crippen molar-refractivity contribution in [1.82, 2.24) is 0 Å². The molecule has 0 saturated carbocycles. The molecule has 0 spiro atoms. The van der Waals surface area contributed by atoms with E-state index in [1.54, 1.807) is 12.1 Å².